The number of ether oxygens (including phenoxy) is 1. The quantitative estimate of drug-likeness (QED) is 0.450. The molecule has 3 aromatic heterocycles. The van der Waals surface area contributed by atoms with Crippen molar-refractivity contribution in [3.8, 4) is 11.5 Å². The summed E-state index contributed by atoms with van der Waals surface area (Å²) in [5, 5.41) is 18.1. The maximum atomic E-state index is 13.2. The van der Waals surface area contributed by atoms with Crippen molar-refractivity contribution in [3.63, 3.8) is 0 Å². The molecule has 0 aromatic carbocycles. The molecule has 3 aromatic rings. The zero-order valence-electron chi connectivity index (χ0n) is 19.0. The van der Waals surface area contributed by atoms with Crippen molar-refractivity contribution in [1.29, 1.82) is 0 Å². The molecule has 0 saturated heterocycles. The third-order valence-electron chi connectivity index (χ3n) is 4.29. The predicted octanol–water partition coefficient (Wildman–Crippen LogP) is 3.55. The number of aromatic nitrogens is 4. The Labute approximate surface area is 197 Å². The van der Waals surface area contributed by atoms with Gasteiger partial charge in [0.05, 0.1) is 17.6 Å². The second kappa shape index (κ2) is 10.1. The first-order valence-corrected chi connectivity index (χ1v) is 10.3. The normalized spacial score (nSPS) is 11.9. The van der Waals surface area contributed by atoms with Crippen molar-refractivity contribution in [2.45, 2.75) is 39.0 Å². The molecule has 0 spiro atoms. The Morgan fingerprint density at radius 1 is 1.29 bits per heavy atom. The number of nitrogens with zero attached hydrogens (tertiary/aromatic N) is 4. The van der Waals surface area contributed by atoms with Crippen LogP contribution in [0.2, 0.25) is 0 Å². The van der Waals surface area contributed by atoms with E-state index in [9.17, 15) is 22.8 Å². The first-order chi connectivity index (χ1) is 16.4. The van der Waals surface area contributed by atoms with Gasteiger partial charge < -0.3 is 19.6 Å². The highest BCUT2D eigenvalue weighted by atomic mass is 19.4. The molecule has 188 valence electrons. The first kappa shape index (κ1) is 25.7. The number of amides is 2. The standard InChI is InChI=1S/C21H23F3N6O5/c1-20(2,3)35-19(33)30(11-21(22,23)24)16-8-12(4-6-25-16)18-28-15(10-34-18)17(32)27-14-9-26-29-13(14)5-7-31/h4,6,8-10,31H,5,7,11H2,1-3H3,(H,26,29)(H,27,32). The monoisotopic (exact) mass is 496 g/mol. The molecule has 3 N–H and O–H groups in total. The smallest absolute Gasteiger partial charge is 0.416 e. The average molecular weight is 496 g/mol. The zero-order valence-corrected chi connectivity index (χ0v) is 19.0. The summed E-state index contributed by atoms with van der Waals surface area (Å²) in [6, 6.07) is 2.56. The summed E-state index contributed by atoms with van der Waals surface area (Å²) >= 11 is 0. The van der Waals surface area contributed by atoms with Crippen molar-refractivity contribution in [2.75, 3.05) is 23.4 Å². The summed E-state index contributed by atoms with van der Waals surface area (Å²) < 4.78 is 49.9. The molecule has 11 nitrogen and oxygen atoms in total. The fraction of sp³-hybridized carbons (Fsp3) is 0.381. The number of aromatic amines is 1. The van der Waals surface area contributed by atoms with Gasteiger partial charge in [0.25, 0.3) is 5.91 Å². The zero-order chi connectivity index (χ0) is 25.8. The number of carbonyl (C=O) groups excluding carboxylic acids is 2. The number of aliphatic hydroxyl groups is 1. The van der Waals surface area contributed by atoms with Gasteiger partial charge in [-0.3, -0.25) is 14.8 Å². The fourth-order valence-electron chi connectivity index (χ4n) is 2.85. The molecule has 14 heteroatoms. The van der Waals surface area contributed by atoms with E-state index in [1.165, 1.54) is 45.3 Å². The van der Waals surface area contributed by atoms with Gasteiger partial charge in [-0.2, -0.15) is 18.3 Å². The molecular weight excluding hydrogens is 473 g/mol. The van der Waals surface area contributed by atoms with Gasteiger partial charge >= 0.3 is 12.3 Å². The lowest BCUT2D eigenvalue weighted by atomic mass is 10.2. The predicted molar refractivity (Wildman–Crippen MR) is 117 cm³/mol. The van der Waals surface area contributed by atoms with Crippen LogP contribution in [0.5, 0.6) is 0 Å². The highest BCUT2D eigenvalue weighted by Crippen LogP contribution is 2.27. The van der Waals surface area contributed by atoms with Gasteiger partial charge in [-0.25, -0.2) is 14.8 Å². The molecule has 0 aliphatic heterocycles. The molecule has 3 heterocycles. The number of H-pyrrole nitrogens is 1. The first-order valence-electron chi connectivity index (χ1n) is 10.3. The number of alkyl halides is 3. The lowest BCUT2D eigenvalue weighted by molar-refractivity contribution is -0.119. The largest absolute Gasteiger partial charge is 0.444 e. The maximum absolute atomic E-state index is 13.2. The van der Waals surface area contributed by atoms with Gasteiger partial charge in [-0.15, -0.1) is 0 Å². The van der Waals surface area contributed by atoms with E-state index in [0.717, 1.165) is 6.26 Å². The summed E-state index contributed by atoms with van der Waals surface area (Å²) in [6.07, 6.45) is -2.10. The minimum absolute atomic E-state index is 0.0854. The number of pyridine rings is 1. The van der Waals surface area contributed by atoms with Crippen LogP contribution in [0.3, 0.4) is 0 Å². The van der Waals surface area contributed by atoms with E-state index in [2.05, 4.69) is 25.5 Å². The van der Waals surface area contributed by atoms with Crippen LogP contribution in [-0.4, -0.2) is 62.2 Å². The van der Waals surface area contributed by atoms with E-state index in [1.54, 1.807) is 0 Å². The van der Waals surface area contributed by atoms with Crippen LogP contribution in [0.25, 0.3) is 11.5 Å². The van der Waals surface area contributed by atoms with Crippen molar-refractivity contribution < 1.29 is 37.0 Å². The number of carbonyl (C=O) groups is 2. The number of nitrogens with one attached hydrogen (secondary N) is 2. The van der Waals surface area contributed by atoms with Crippen LogP contribution >= 0.6 is 0 Å². The van der Waals surface area contributed by atoms with Crippen molar-refractivity contribution in [3.05, 3.63) is 42.2 Å². The number of aliphatic hydroxyl groups excluding tert-OH is 1. The van der Waals surface area contributed by atoms with Gasteiger partial charge in [-0.05, 0) is 32.9 Å². The Bertz CT molecular complexity index is 1180. The van der Waals surface area contributed by atoms with Gasteiger partial charge in [0, 0.05) is 24.8 Å². The molecule has 0 atom stereocenters. The topological polar surface area (TPSA) is 146 Å². The Morgan fingerprint density at radius 3 is 2.69 bits per heavy atom. The molecule has 35 heavy (non-hydrogen) atoms. The summed E-state index contributed by atoms with van der Waals surface area (Å²) in [7, 11) is 0. The number of anilines is 2. The van der Waals surface area contributed by atoms with E-state index in [-0.39, 0.29) is 36.0 Å². The molecule has 0 unspecified atom stereocenters. The fourth-order valence-corrected chi connectivity index (χ4v) is 2.85. The maximum Gasteiger partial charge on any atom is 0.416 e. The minimum Gasteiger partial charge on any atom is -0.444 e. The number of halogens is 3. The molecule has 0 fully saturated rings. The molecule has 0 aliphatic rings. The van der Waals surface area contributed by atoms with Crippen LogP contribution in [0.15, 0.2) is 35.2 Å². The number of rotatable bonds is 7. The van der Waals surface area contributed by atoms with Crippen LogP contribution < -0.4 is 10.2 Å². The highest BCUT2D eigenvalue weighted by Gasteiger charge is 2.36. The molecule has 2 amide bonds. The summed E-state index contributed by atoms with van der Waals surface area (Å²) in [5.41, 5.74) is -0.117. The van der Waals surface area contributed by atoms with E-state index >= 15 is 0 Å². The van der Waals surface area contributed by atoms with Crippen LogP contribution in [0.4, 0.5) is 29.5 Å². The lowest BCUT2D eigenvalue weighted by Gasteiger charge is -2.27. The number of hydrogen-bond donors (Lipinski definition) is 3. The highest BCUT2D eigenvalue weighted by molar-refractivity contribution is 6.03. The van der Waals surface area contributed by atoms with Crippen LogP contribution in [0, 0.1) is 0 Å². The Balaban J connectivity index is 1.84. The Morgan fingerprint density at radius 2 is 2.03 bits per heavy atom. The molecular formula is C21H23F3N6O5. The van der Waals surface area contributed by atoms with Crippen LogP contribution in [-0.2, 0) is 11.2 Å². The summed E-state index contributed by atoms with van der Waals surface area (Å²) in [5.74, 6) is -1.06. The Kier molecular flexibility index (Phi) is 7.43. The van der Waals surface area contributed by atoms with Gasteiger partial charge in [0.15, 0.2) is 5.69 Å². The summed E-state index contributed by atoms with van der Waals surface area (Å²) in [4.78, 5) is 33.3. The van der Waals surface area contributed by atoms with Crippen LogP contribution in [0.1, 0.15) is 37.0 Å². The lowest BCUT2D eigenvalue weighted by Crippen LogP contribution is -2.42. The molecule has 0 bridgehead atoms. The third-order valence-corrected chi connectivity index (χ3v) is 4.29. The van der Waals surface area contributed by atoms with Crippen molar-refractivity contribution >= 4 is 23.5 Å². The second-order valence-corrected chi connectivity index (χ2v) is 8.31. The number of oxazole rings is 1. The molecule has 3 rings (SSSR count). The van der Waals surface area contributed by atoms with Crippen molar-refractivity contribution in [2.24, 2.45) is 0 Å². The minimum atomic E-state index is -4.72. The molecule has 0 radical (unpaired) electrons. The van der Waals surface area contributed by atoms with Gasteiger partial charge in [-0.1, -0.05) is 0 Å². The summed E-state index contributed by atoms with van der Waals surface area (Å²) in [6.45, 7) is 2.79. The van der Waals surface area contributed by atoms with Crippen molar-refractivity contribution in [1.82, 2.24) is 20.2 Å². The number of hydrogen-bond acceptors (Lipinski definition) is 8. The van der Waals surface area contributed by atoms with E-state index in [1.807, 2.05) is 0 Å². The second-order valence-electron chi connectivity index (χ2n) is 8.31. The Hall–Kier alpha value is -3.94. The molecule has 0 saturated carbocycles. The SMILES string of the molecule is CC(C)(C)OC(=O)N(CC(F)(F)F)c1cc(-c2nc(C(=O)Nc3cn[nH]c3CCO)co2)ccn1. The van der Waals surface area contributed by atoms with E-state index in [4.69, 9.17) is 14.3 Å². The third kappa shape index (κ3) is 7.02. The average Bonchev–Trinajstić information content (AvgIpc) is 3.41. The van der Waals surface area contributed by atoms with E-state index < -0.39 is 30.3 Å². The molecule has 0 aliphatic carbocycles. The van der Waals surface area contributed by atoms with E-state index in [0.29, 0.717) is 16.3 Å². The van der Waals surface area contributed by atoms with Gasteiger partial charge in [0.2, 0.25) is 5.89 Å². The van der Waals surface area contributed by atoms with Gasteiger partial charge in [0.1, 0.15) is 24.2 Å².